The molecule has 1 unspecified atom stereocenters. The van der Waals surface area contributed by atoms with Crippen LogP contribution in [0.3, 0.4) is 0 Å². The number of anilines is 1. The number of sulfonamides is 1. The first-order chi connectivity index (χ1) is 17.2. The number of pyridine rings is 1. The van der Waals surface area contributed by atoms with Gasteiger partial charge in [0.05, 0.1) is 24.6 Å². The van der Waals surface area contributed by atoms with Crippen LogP contribution in [0.25, 0.3) is 10.9 Å². The van der Waals surface area contributed by atoms with Crippen molar-refractivity contribution in [2.75, 3.05) is 18.5 Å². The van der Waals surface area contributed by atoms with Crippen LogP contribution in [0.1, 0.15) is 18.9 Å². The minimum atomic E-state index is -4.29. The van der Waals surface area contributed by atoms with Gasteiger partial charge in [-0.05, 0) is 49.0 Å². The van der Waals surface area contributed by atoms with E-state index >= 15 is 0 Å². The van der Waals surface area contributed by atoms with Crippen LogP contribution < -0.4 is 20.1 Å². The molecule has 0 fully saturated rings. The van der Waals surface area contributed by atoms with Gasteiger partial charge in [-0.1, -0.05) is 18.2 Å². The number of fused-ring (bicyclic) bond motifs is 1. The Kier molecular flexibility index (Phi) is 9.28. The highest BCUT2D eigenvalue weighted by Gasteiger charge is 2.25. The lowest BCUT2D eigenvalue weighted by Gasteiger charge is -2.17. The lowest BCUT2D eigenvalue weighted by atomic mass is 10.1. The first kappa shape index (κ1) is 27.0. The number of aliphatic carboxylic acids is 1. The largest absolute Gasteiger partial charge is 0.492 e. The van der Waals surface area contributed by atoms with Gasteiger partial charge in [0.25, 0.3) is 0 Å². The van der Waals surface area contributed by atoms with E-state index in [4.69, 9.17) is 22.1 Å². The van der Waals surface area contributed by atoms with E-state index in [-0.39, 0.29) is 23.5 Å². The third kappa shape index (κ3) is 7.20. The van der Waals surface area contributed by atoms with Gasteiger partial charge in [-0.25, -0.2) is 13.1 Å². The first-order valence-corrected chi connectivity index (χ1v) is 13.0. The van der Waals surface area contributed by atoms with Crippen LogP contribution in [-0.4, -0.2) is 55.1 Å². The molecule has 2 aromatic carbocycles. The molecule has 36 heavy (non-hydrogen) atoms. The number of nitrogens with one attached hydrogen (secondary N) is 3. The van der Waals surface area contributed by atoms with Gasteiger partial charge in [0, 0.05) is 36.3 Å². The Hall–Kier alpha value is -3.61. The molecular weight excluding hydrogens is 504 g/mol. The zero-order valence-electron chi connectivity index (χ0n) is 19.4. The molecule has 12 heteroatoms. The van der Waals surface area contributed by atoms with E-state index in [9.17, 15) is 18.0 Å². The van der Waals surface area contributed by atoms with Gasteiger partial charge in [0.15, 0.2) is 5.11 Å². The minimum Gasteiger partial charge on any atom is -0.492 e. The average molecular weight is 531 g/mol. The summed E-state index contributed by atoms with van der Waals surface area (Å²) in [4.78, 5) is 26.3. The second-order valence-corrected chi connectivity index (χ2v) is 9.78. The second kappa shape index (κ2) is 12.4. The van der Waals surface area contributed by atoms with Crippen molar-refractivity contribution >= 4 is 56.2 Å². The molecule has 3 rings (SSSR count). The summed E-state index contributed by atoms with van der Waals surface area (Å²) >= 11 is 5.20. The van der Waals surface area contributed by atoms with Crippen molar-refractivity contribution in [2.45, 2.75) is 30.7 Å². The van der Waals surface area contributed by atoms with Crippen molar-refractivity contribution < 1.29 is 27.9 Å². The fourth-order valence-corrected chi connectivity index (χ4v) is 5.04. The van der Waals surface area contributed by atoms with Crippen LogP contribution in [0.5, 0.6) is 5.75 Å². The molecular formula is C24H26N4O6S2. The Morgan fingerprint density at radius 3 is 2.75 bits per heavy atom. The molecule has 0 spiro atoms. The number of benzene rings is 2. The monoisotopic (exact) mass is 530 g/mol. The molecule has 0 aliphatic rings. The third-order valence-electron chi connectivity index (χ3n) is 5.06. The summed E-state index contributed by atoms with van der Waals surface area (Å²) in [6.07, 6.45) is 1.73. The van der Waals surface area contributed by atoms with Crippen molar-refractivity contribution in [1.82, 2.24) is 15.0 Å². The number of carbonyl (C=O) groups is 2. The highest BCUT2D eigenvalue weighted by Crippen LogP contribution is 2.28. The predicted octanol–water partition coefficient (Wildman–Crippen LogP) is 2.48. The molecule has 0 amide bonds. The molecule has 1 atom stereocenters. The van der Waals surface area contributed by atoms with Gasteiger partial charge in [0.1, 0.15) is 16.9 Å². The number of aldehydes is 1. The first-order valence-electron chi connectivity index (χ1n) is 11.1. The van der Waals surface area contributed by atoms with Crippen molar-refractivity contribution in [3.8, 4) is 5.75 Å². The average Bonchev–Trinajstić information content (AvgIpc) is 2.83. The fraction of sp³-hybridized carbons (Fsp3) is 0.250. The number of aromatic nitrogens is 1. The van der Waals surface area contributed by atoms with Gasteiger partial charge in [-0.2, -0.15) is 0 Å². The highest BCUT2D eigenvalue weighted by molar-refractivity contribution is 7.89. The summed E-state index contributed by atoms with van der Waals surface area (Å²) in [6.45, 7) is 2.62. The molecule has 0 saturated heterocycles. The van der Waals surface area contributed by atoms with Crippen LogP contribution in [0.2, 0.25) is 0 Å². The van der Waals surface area contributed by atoms with Crippen molar-refractivity contribution in [3.05, 3.63) is 60.3 Å². The van der Waals surface area contributed by atoms with Crippen LogP contribution in [0, 0.1) is 0 Å². The summed E-state index contributed by atoms with van der Waals surface area (Å²) in [5.74, 6) is -1.29. The van der Waals surface area contributed by atoms with Gasteiger partial charge >= 0.3 is 5.97 Å². The Balaban J connectivity index is 1.87. The number of carboxylic acids is 1. The van der Waals surface area contributed by atoms with E-state index in [1.807, 2.05) is 37.3 Å². The maximum absolute atomic E-state index is 13.0. The Morgan fingerprint density at radius 1 is 1.22 bits per heavy atom. The van der Waals surface area contributed by atoms with E-state index in [1.165, 1.54) is 18.2 Å². The fourth-order valence-electron chi connectivity index (χ4n) is 3.48. The van der Waals surface area contributed by atoms with Crippen LogP contribution >= 0.6 is 12.2 Å². The SMILES string of the molecule is CCNC(=S)Nc1ccc(S(=O)(=O)NC(C=O)CC(=O)O)c(OCCc2cccc3ncccc23)c1. The number of rotatable bonds is 12. The molecule has 4 N–H and O–H groups in total. The maximum atomic E-state index is 13.0. The molecule has 10 nitrogen and oxygen atoms in total. The molecule has 1 aromatic heterocycles. The van der Waals surface area contributed by atoms with Crippen LogP contribution in [0.4, 0.5) is 5.69 Å². The van der Waals surface area contributed by atoms with Crippen LogP contribution in [0.15, 0.2) is 59.6 Å². The summed E-state index contributed by atoms with van der Waals surface area (Å²) in [6, 6.07) is 12.4. The number of ether oxygens (including phenoxy) is 1. The standard InChI is InChI=1S/C24H26N4O6S2/c1-2-25-24(35)27-17-8-9-22(36(32,33)28-18(15-29)14-23(30)31)21(13-17)34-12-10-16-5-3-7-20-19(16)6-4-11-26-20/h3-9,11,13,15,18,28H,2,10,12,14H2,1H3,(H,30,31)(H2,25,27,35). The smallest absolute Gasteiger partial charge is 0.305 e. The minimum absolute atomic E-state index is 0.0186. The highest BCUT2D eigenvalue weighted by atomic mass is 32.2. The van der Waals surface area contributed by atoms with Crippen LogP contribution in [-0.2, 0) is 26.0 Å². The van der Waals surface area contributed by atoms with Crippen molar-refractivity contribution in [3.63, 3.8) is 0 Å². The van der Waals surface area contributed by atoms with Gasteiger partial charge in [0.2, 0.25) is 10.0 Å². The quantitative estimate of drug-likeness (QED) is 0.203. The Morgan fingerprint density at radius 2 is 2.03 bits per heavy atom. The lowest BCUT2D eigenvalue weighted by molar-refractivity contribution is -0.138. The summed E-state index contributed by atoms with van der Waals surface area (Å²) in [7, 11) is -4.29. The zero-order valence-corrected chi connectivity index (χ0v) is 21.1. The van der Waals surface area contributed by atoms with Crippen molar-refractivity contribution in [2.24, 2.45) is 0 Å². The maximum Gasteiger partial charge on any atom is 0.305 e. The number of carbonyl (C=O) groups excluding carboxylic acids is 1. The number of thiocarbonyl (C=S) groups is 1. The summed E-state index contributed by atoms with van der Waals surface area (Å²) < 4.78 is 34.1. The topological polar surface area (TPSA) is 147 Å². The van der Waals surface area contributed by atoms with E-state index in [1.54, 1.807) is 6.20 Å². The molecule has 3 aromatic rings. The van der Waals surface area contributed by atoms with E-state index in [0.29, 0.717) is 23.8 Å². The molecule has 0 aliphatic heterocycles. The van der Waals surface area contributed by atoms with Gasteiger partial charge < -0.3 is 25.3 Å². The zero-order chi connectivity index (χ0) is 26.1. The number of hydrogen-bond acceptors (Lipinski definition) is 7. The summed E-state index contributed by atoms with van der Waals surface area (Å²) in [5.41, 5.74) is 2.30. The molecule has 0 radical (unpaired) electrons. The normalized spacial score (nSPS) is 12.0. The van der Waals surface area contributed by atoms with E-state index in [2.05, 4.69) is 20.3 Å². The van der Waals surface area contributed by atoms with Crippen molar-refractivity contribution in [1.29, 1.82) is 0 Å². The number of nitrogens with zero attached hydrogens (tertiary/aromatic N) is 1. The lowest BCUT2D eigenvalue weighted by Crippen LogP contribution is -2.37. The molecule has 0 bridgehead atoms. The molecule has 190 valence electrons. The van der Waals surface area contributed by atoms with E-state index in [0.717, 1.165) is 16.5 Å². The molecule has 0 aliphatic carbocycles. The Labute approximate surface area is 214 Å². The second-order valence-electron chi connectivity index (χ2n) is 7.69. The number of hydrogen-bond donors (Lipinski definition) is 4. The van der Waals surface area contributed by atoms with Gasteiger partial charge in [-0.15, -0.1) is 0 Å². The molecule has 1 heterocycles. The van der Waals surface area contributed by atoms with E-state index < -0.39 is 28.5 Å². The summed E-state index contributed by atoms with van der Waals surface area (Å²) in [5, 5.41) is 16.2. The predicted molar refractivity (Wildman–Crippen MR) is 140 cm³/mol. The number of carboxylic acid groups (broad SMARTS) is 1. The van der Waals surface area contributed by atoms with Gasteiger partial charge in [-0.3, -0.25) is 9.78 Å². The third-order valence-corrected chi connectivity index (χ3v) is 6.83. The molecule has 0 saturated carbocycles. The Bertz CT molecular complexity index is 1360.